The maximum atomic E-state index is 8.83. The van der Waals surface area contributed by atoms with E-state index in [1.807, 2.05) is 18.2 Å². The van der Waals surface area contributed by atoms with Gasteiger partial charge in [-0.05, 0) is 30.3 Å². The molecule has 0 aliphatic rings. The Balaban J connectivity index is 2.18. The molecule has 0 unspecified atom stereocenters. The monoisotopic (exact) mass is 220 g/mol. The number of aromatic amines is 1. The number of benzene rings is 1. The zero-order chi connectivity index (χ0) is 11.7. The van der Waals surface area contributed by atoms with Gasteiger partial charge in [0.15, 0.2) is 0 Å². The van der Waals surface area contributed by atoms with E-state index < -0.39 is 0 Å². The number of H-pyrrole nitrogens is 1. The Morgan fingerprint density at radius 2 is 2.18 bits per heavy atom. The molecule has 4 heteroatoms. The number of imidazole rings is 1. The summed E-state index contributed by atoms with van der Waals surface area (Å²) in [7, 11) is 0. The van der Waals surface area contributed by atoms with E-state index in [0.29, 0.717) is 5.56 Å². The number of nitrogens with zero attached hydrogens (tertiary/aromatic N) is 3. The van der Waals surface area contributed by atoms with Crippen molar-refractivity contribution in [3.8, 4) is 17.5 Å². The van der Waals surface area contributed by atoms with Gasteiger partial charge >= 0.3 is 0 Å². The Morgan fingerprint density at radius 3 is 2.94 bits per heavy atom. The van der Waals surface area contributed by atoms with Gasteiger partial charge in [-0.1, -0.05) is 0 Å². The van der Waals surface area contributed by atoms with Crippen molar-refractivity contribution in [2.24, 2.45) is 0 Å². The molecule has 0 atom stereocenters. The third-order valence-corrected chi connectivity index (χ3v) is 2.55. The molecular weight excluding hydrogens is 212 g/mol. The van der Waals surface area contributed by atoms with Crippen LogP contribution in [0.4, 0.5) is 0 Å². The fourth-order valence-corrected chi connectivity index (χ4v) is 1.72. The Morgan fingerprint density at radius 1 is 1.24 bits per heavy atom. The zero-order valence-electron chi connectivity index (χ0n) is 8.88. The molecule has 3 aromatic rings. The van der Waals surface area contributed by atoms with Crippen molar-refractivity contribution in [1.29, 1.82) is 5.26 Å². The lowest BCUT2D eigenvalue weighted by molar-refractivity contribution is 1.27. The summed E-state index contributed by atoms with van der Waals surface area (Å²) in [6.07, 6.45) is 3.48. The first-order chi connectivity index (χ1) is 8.36. The highest BCUT2D eigenvalue weighted by atomic mass is 14.9. The van der Waals surface area contributed by atoms with E-state index in [2.05, 4.69) is 21.0 Å². The summed E-state index contributed by atoms with van der Waals surface area (Å²) in [6, 6.07) is 11.3. The number of nitriles is 1. The van der Waals surface area contributed by atoms with Crippen molar-refractivity contribution >= 4 is 11.0 Å². The standard InChI is InChI=1S/C13H8N4/c14-7-9-3-4-11-12(6-9)17-13(16-11)10-2-1-5-15-8-10/h1-6,8H,(H,16,17). The molecule has 0 saturated carbocycles. The Hall–Kier alpha value is -2.67. The predicted octanol–water partition coefficient (Wildman–Crippen LogP) is 2.50. The molecule has 0 saturated heterocycles. The van der Waals surface area contributed by atoms with E-state index in [4.69, 9.17) is 5.26 Å². The van der Waals surface area contributed by atoms with Gasteiger partial charge in [0.05, 0.1) is 22.7 Å². The van der Waals surface area contributed by atoms with Crippen LogP contribution in [0.25, 0.3) is 22.4 Å². The Bertz CT molecular complexity index is 707. The topological polar surface area (TPSA) is 65.4 Å². The van der Waals surface area contributed by atoms with Crippen LogP contribution in [0.5, 0.6) is 0 Å². The molecule has 2 heterocycles. The van der Waals surface area contributed by atoms with Gasteiger partial charge in [0.1, 0.15) is 5.82 Å². The normalized spacial score (nSPS) is 10.3. The average Bonchev–Trinajstić information content (AvgIpc) is 2.82. The van der Waals surface area contributed by atoms with Crippen LogP contribution in [0.1, 0.15) is 5.56 Å². The molecule has 80 valence electrons. The first-order valence-corrected chi connectivity index (χ1v) is 5.17. The van der Waals surface area contributed by atoms with Crippen LogP contribution in [0.2, 0.25) is 0 Å². The van der Waals surface area contributed by atoms with Crippen LogP contribution in [-0.4, -0.2) is 15.0 Å². The number of hydrogen-bond donors (Lipinski definition) is 1. The summed E-state index contributed by atoms with van der Waals surface area (Å²) < 4.78 is 0. The van der Waals surface area contributed by atoms with Crippen molar-refractivity contribution in [3.05, 3.63) is 48.3 Å². The second kappa shape index (κ2) is 3.72. The van der Waals surface area contributed by atoms with Gasteiger partial charge in [0, 0.05) is 18.0 Å². The largest absolute Gasteiger partial charge is 0.338 e. The molecule has 0 radical (unpaired) electrons. The maximum absolute atomic E-state index is 8.83. The minimum absolute atomic E-state index is 0.624. The van der Waals surface area contributed by atoms with Crippen LogP contribution < -0.4 is 0 Å². The second-order valence-corrected chi connectivity index (χ2v) is 3.67. The molecular formula is C13H8N4. The van der Waals surface area contributed by atoms with Gasteiger partial charge in [-0.2, -0.15) is 5.26 Å². The van der Waals surface area contributed by atoms with Crippen molar-refractivity contribution in [3.63, 3.8) is 0 Å². The summed E-state index contributed by atoms with van der Waals surface area (Å²) in [5.41, 5.74) is 3.27. The first-order valence-electron chi connectivity index (χ1n) is 5.17. The van der Waals surface area contributed by atoms with Gasteiger partial charge in [0.25, 0.3) is 0 Å². The molecule has 3 rings (SSSR count). The third-order valence-electron chi connectivity index (χ3n) is 2.55. The van der Waals surface area contributed by atoms with E-state index >= 15 is 0 Å². The van der Waals surface area contributed by atoms with E-state index in [9.17, 15) is 0 Å². The molecule has 0 amide bonds. The summed E-state index contributed by atoms with van der Waals surface area (Å²) in [6.45, 7) is 0. The molecule has 0 aliphatic carbocycles. The van der Waals surface area contributed by atoms with Crippen molar-refractivity contribution in [2.45, 2.75) is 0 Å². The molecule has 0 aliphatic heterocycles. The summed E-state index contributed by atoms with van der Waals surface area (Å²) in [4.78, 5) is 11.7. The van der Waals surface area contributed by atoms with Gasteiger partial charge in [-0.25, -0.2) is 4.98 Å². The summed E-state index contributed by atoms with van der Waals surface area (Å²) in [5.74, 6) is 0.767. The van der Waals surface area contributed by atoms with Crippen molar-refractivity contribution in [1.82, 2.24) is 15.0 Å². The molecule has 0 bridgehead atoms. The minimum Gasteiger partial charge on any atom is -0.338 e. The number of pyridine rings is 1. The van der Waals surface area contributed by atoms with E-state index in [-0.39, 0.29) is 0 Å². The van der Waals surface area contributed by atoms with Gasteiger partial charge in [-0.3, -0.25) is 4.98 Å². The second-order valence-electron chi connectivity index (χ2n) is 3.67. The third kappa shape index (κ3) is 1.64. The quantitative estimate of drug-likeness (QED) is 0.685. The van der Waals surface area contributed by atoms with Crippen molar-refractivity contribution < 1.29 is 0 Å². The average molecular weight is 220 g/mol. The Kier molecular flexibility index (Phi) is 2.09. The SMILES string of the molecule is N#Cc1ccc2nc(-c3cccnc3)[nH]c2c1. The van der Waals surface area contributed by atoms with Gasteiger partial charge in [0.2, 0.25) is 0 Å². The molecule has 0 fully saturated rings. The number of rotatable bonds is 1. The highest BCUT2D eigenvalue weighted by Crippen LogP contribution is 2.20. The van der Waals surface area contributed by atoms with Crippen LogP contribution in [0.15, 0.2) is 42.7 Å². The molecule has 2 aromatic heterocycles. The van der Waals surface area contributed by atoms with Crippen LogP contribution in [-0.2, 0) is 0 Å². The minimum atomic E-state index is 0.624. The number of hydrogen-bond acceptors (Lipinski definition) is 3. The van der Waals surface area contributed by atoms with Crippen LogP contribution in [0.3, 0.4) is 0 Å². The highest BCUT2D eigenvalue weighted by molar-refractivity contribution is 5.80. The molecule has 0 spiro atoms. The summed E-state index contributed by atoms with van der Waals surface area (Å²) in [5, 5.41) is 8.83. The number of fused-ring (bicyclic) bond motifs is 1. The van der Waals surface area contributed by atoms with Crippen LogP contribution in [0, 0.1) is 11.3 Å². The smallest absolute Gasteiger partial charge is 0.140 e. The lowest BCUT2D eigenvalue weighted by Gasteiger charge is -1.92. The van der Waals surface area contributed by atoms with Crippen molar-refractivity contribution in [2.75, 3.05) is 0 Å². The first kappa shape index (κ1) is 9.55. The van der Waals surface area contributed by atoms with Gasteiger partial charge in [-0.15, -0.1) is 0 Å². The lowest BCUT2D eigenvalue weighted by atomic mass is 10.2. The van der Waals surface area contributed by atoms with Crippen LogP contribution >= 0.6 is 0 Å². The lowest BCUT2D eigenvalue weighted by Crippen LogP contribution is -1.80. The predicted molar refractivity (Wildman–Crippen MR) is 64.0 cm³/mol. The van der Waals surface area contributed by atoms with E-state index in [1.165, 1.54) is 0 Å². The fraction of sp³-hybridized carbons (Fsp3) is 0. The molecule has 4 nitrogen and oxygen atoms in total. The highest BCUT2D eigenvalue weighted by Gasteiger charge is 2.05. The number of nitrogens with one attached hydrogen (secondary N) is 1. The van der Waals surface area contributed by atoms with E-state index in [1.54, 1.807) is 24.5 Å². The summed E-state index contributed by atoms with van der Waals surface area (Å²) >= 11 is 0. The van der Waals surface area contributed by atoms with E-state index in [0.717, 1.165) is 22.4 Å². The zero-order valence-corrected chi connectivity index (χ0v) is 8.88. The van der Waals surface area contributed by atoms with Gasteiger partial charge < -0.3 is 4.98 Å². The fourth-order valence-electron chi connectivity index (χ4n) is 1.72. The molecule has 17 heavy (non-hydrogen) atoms. The molecule has 1 N–H and O–H groups in total. The number of aromatic nitrogens is 3. The maximum Gasteiger partial charge on any atom is 0.140 e. The molecule has 1 aromatic carbocycles. The Labute approximate surface area is 97.6 Å².